The van der Waals surface area contributed by atoms with Crippen LogP contribution in [0.2, 0.25) is 0 Å². The van der Waals surface area contributed by atoms with Crippen LogP contribution >= 0.6 is 0 Å². The number of carboxylic acids is 1. The molecule has 0 amide bonds. The molecule has 148 valence electrons. The lowest BCUT2D eigenvalue weighted by Crippen LogP contribution is -2.33. The average Bonchev–Trinajstić information content (AvgIpc) is 3.14. The van der Waals surface area contributed by atoms with Crippen molar-refractivity contribution in [2.75, 3.05) is 7.11 Å². The second-order valence-corrected chi connectivity index (χ2v) is 5.45. The molecule has 0 bridgehead atoms. The molecule has 0 atom stereocenters. The van der Waals surface area contributed by atoms with E-state index in [0.717, 1.165) is 22.2 Å². The van der Waals surface area contributed by atoms with Crippen LogP contribution in [-0.4, -0.2) is 35.3 Å². The molecule has 0 saturated carbocycles. The summed E-state index contributed by atoms with van der Waals surface area (Å²) in [5.41, 5.74) is 3.57. The number of furan rings is 1. The first kappa shape index (κ1) is 20.9. The van der Waals surface area contributed by atoms with Gasteiger partial charge in [-0.2, -0.15) is 13.2 Å². The molecule has 3 heterocycles. The standard InChI is InChI=1S/C15H12N2O3.C3H3F3O2/c18-14(19)4-9-17-7-2-11(3-8-17)12-1-6-16-13-5-10-20-15(12)13;1-8-2(7)3(4,5)6/h1-3,5-8,10H,4,9H2;1H3/p+1. The Labute approximate surface area is 157 Å². The van der Waals surface area contributed by atoms with Crippen LogP contribution in [0.1, 0.15) is 6.42 Å². The summed E-state index contributed by atoms with van der Waals surface area (Å²) in [5, 5.41) is 8.67. The molecule has 0 aromatic carbocycles. The van der Waals surface area contributed by atoms with E-state index in [4.69, 9.17) is 9.52 Å². The van der Waals surface area contributed by atoms with E-state index in [9.17, 15) is 22.8 Å². The monoisotopic (exact) mass is 397 g/mol. The fourth-order valence-electron chi connectivity index (χ4n) is 2.23. The predicted molar refractivity (Wildman–Crippen MR) is 90.0 cm³/mol. The SMILES string of the molecule is COC(=O)C(F)(F)F.O=C(O)CC[n+]1ccc(-c2ccnc3ccoc23)cc1. The van der Waals surface area contributed by atoms with Gasteiger partial charge >= 0.3 is 18.1 Å². The molecule has 0 aliphatic heterocycles. The third-order valence-electron chi connectivity index (χ3n) is 3.55. The number of alkyl halides is 3. The Balaban J connectivity index is 0.000000300. The minimum Gasteiger partial charge on any atom is -0.481 e. The number of nitrogens with zero attached hydrogens (tertiary/aromatic N) is 2. The molecule has 28 heavy (non-hydrogen) atoms. The molecule has 3 rings (SSSR count). The molecule has 0 aliphatic rings. The number of methoxy groups -OCH3 is 1. The number of aryl methyl sites for hydroxylation is 1. The topological polar surface area (TPSA) is 93.5 Å². The van der Waals surface area contributed by atoms with Crippen molar-refractivity contribution < 1.29 is 41.6 Å². The third-order valence-corrected chi connectivity index (χ3v) is 3.55. The molecule has 3 aromatic heterocycles. The van der Waals surface area contributed by atoms with Crippen LogP contribution in [0.3, 0.4) is 0 Å². The Hall–Kier alpha value is -3.43. The summed E-state index contributed by atoms with van der Waals surface area (Å²) in [5.74, 6) is -2.97. The van der Waals surface area contributed by atoms with Crippen molar-refractivity contribution in [1.29, 1.82) is 0 Å². The van der Waals surface area contributed by atoms with Gasteiger partial charge in [0.25, 0.3) is 0 Å². The number of aromatic nitrogens is 2. The molecule has 0 saturated heterocycles. The largest absolute Gasteiger partial charge is 0.490 e. The molecule has 7 nitrogen and oxygen atoms in total. The van der Waals surface area contributed by atoms with Crippen LogP contribution < -0.4 is 4.57 Å². The normalized spacial score (nSPS) is 10.9. The van der Waals surface area contributed by atoms with Crippen LogP contribution in [0, 0.1) is 0 Å². The Kier molecular flexibility index (Phi) is 6.69. The van der Waals surface area contributed by atoms with Gasteiger partial charge < -0.3 is 14.3 Å². The van der Waals surface area contributed by atoms with E-state index in [2.05, 4.69) is 9.72 Å². The Morgan fingerprint density at radius 3 is 2.43 bits per heavy atom. The van der Waals surface area contributed by atoms with Crippen molar-refractivity contribution in [1.82, 2.24) is 4.98 Å². The first-order valence-electron chi connectivity index (χ1n) is 7.91. The highest BCUT2D eigenvalue weighted by atomic mass is 19.4. The minimum absolute atomic E-state index is 0.113. The lowest BCUT2D eigenvalue weighted by molar-refractivity contribution is -0.695. The van der Waals surface area contributed by atoms with E-state index >= 15 is 0 Å². The van der Waals surface area contributed by atoms with Gasteiger partial charge in [-0.1, -0.05) is 0 Å². The Bertz CT molecular complexity index is 952. The number of fused-ring (bicyclic) bond motifs is 1. The van der Waals surface area contributed by atoms with Crippen LogP contribution in [0.15, 0.2) is 53.5 Å². The number of aliphatic carboxylic acids is 1. The number of ether oxygens (including phenoxy) is 1. The highest BCUT2D eigenvalue weighted by molar-refractivity contribution is 5.89. The number of esters is 1. The van der Waals surface area contributed by atoms with Gasteiger partial charge in [-0.15, -0.1) is 0 Å². The van der Waals surface area contributed by atoms with Gasteiger partial charge in [-0.05, 0) is 11.6 Å². The zero-order chi connectivity index (χ0) is 20.7. The van der Waals surface area contributed by atoms with Crippen molar-refractivity contribution in [3.8, 4) is 11.1 Å². The number of carbonyl (C=O) groups excluding carboxylic acids is 1. The van der Waals surface area contributed by atoms with Crippen LogP contribution in [0.4, 0.5) is 13.2 Å². The number of rotatable bonds is 4. The van der Waals surface area contributed by atoms with Crippen LogP contribution in [0.25, 0.3) is 22.2 Å². The zero-order valence-corrected chi connectivity index (χ0v) is 14.6. The Morgan fingerprint density at radius 2 is 1.89 bits per heavy atom. The summed E-state index contributed by atoms with van der Waals surface area (Å²) < 4.78 is 43.6. The number of pyridine rings is 2. The second kappa shape index (κ2) is 8.98. The number of hydrogen-bond donors (Lipinski definition) is 1. The van der Waals surface area contributed by atoms with E-state index in [1.54, 1.807) is 12.5 Å². The highest BCUT2D eigenvalue weighted by Gasteiger charge is 2.40. The van der Waals surface area contributed by atoms with E-state index in [0.29, 0.717) is 13.7 Å². The highest BCUT2D eigenvalue weighted by Crippen LogP contribution is 2.27. The van der Waals surface area contributed by atoms with Gasteiger partial charge in [0.05, 0.1) is 13.4 Å². The number of halogens is 3. The van der Waals surface area contributed by atoms with E-state index in [-0.39, 0.29) is 6.42 Å². The van der Waals surface area contributed by atoms with Crippen molar-refractivity contribution in [2.45, 2.75) is 19.1 Å². The lowest BCUT2D eigenvalue weighted by atomic mass is 10.1. The molecule has 0 unspecified atom stereocenters. The third kappa shape index (κ3) is 5.53. The second-order valence-electron chi connectivity index (χ2n) is 5.45. The van der Waals surface area contributed by atoms with Gasteiger partial charge in [0.1, 0.15) is 11.9 Å². The van der Waals surface area contributed by atoms with Crippen molar-refractivity contribution in [3.63, 3.8) is 0 Å². The van der Waals surface area contributed by atoms with Gasteiger partial charge in [-0.25, -0.2) is 9.36 Å². The predicted octanol–water partition coefficient (Wildman–Crippen LogP) is 2.98. The summed E-state index contributed by atoms with van der Waals surface area (Å²) in [6.07, 6.45) is 2.37. The molecular formula is C18H16F3N2O5+. The molecule has 0 radical (unpaired) electrons. The summed E-state index contributed by atoms with van der Waals surface area (Å²) >= 11 is 0. The van der Waals surface area contributed by atoms with E-state index < -0.39 is 18.1 Å². The lowest BCUT2D eigenvalue weighted by Gasteiger charge is -2.01. The maximum absolute atomic E-state index is 11.0. The zero-order valence-electron chi connectivity index (χ0n) is 14.6. The molecule has 3 aromatic rings. The molecular weight excluding hydrogens is 381 g/mol. The Morgan fingerprint density at radius 1 is 1.21 bits per heavy atom. The van der Waals surface area contributed by atoms with E-state index in [1.807, 2.05) is 41.2 Å². The maximum Gasteiger partial charge on any atom is 0.490 e. The summed E-state index contributed by atoms with van der Waals surface area (Å²) in [6, 6.07) is 7.62. The smallest absolute Gasteiger partial charge is 0.481 e. The fraction of sp³-hybridized carbons (Fsp3) is 0.222. The first-order chi connectivity index (χ1) is 13.2. The summed E-state index contributed by atoms with van der Waals surface area (Å²) in [4.78, 5) is 24.3. The van der Waals surface area contributed by atoms with Crippen LogP contribution in [-0.2, 0) is 20.9 Å². The van der Waals surface area contributed by atoms with Gasteiger partial charge in [0.2, 0.25) is 0 Å². The average molecular weight is 397 g/mol. The van der Waals surface area contributed by atoms with Gasteiger partial charge in [-0.3, -0.25) is 9.78 Å². The first-order valence-corrected chi connectivity index (χ1v) is 7.91. The maximum atomic E-state index is 11.0. The molecule has 10 heteroatoms. The van der Waals surface area contributed by atoms with Gasteiger partial charge in [0, 0.05) is 30.0 Å². The summed E-state index contributed by atoms with van der Waals surface area (Å²) in [6.45, 7) is 0.460. The molecule has 0 fully saturated rings. The van der Waals surface area contributed by atoms with Crippen molar-refractivity contribution >= 4 is 23.0 Å². The number of carboxylic acid groups (broad SMARTS) is 1. The quantitative estimate of drug-likeness (QED) is 0.537. The van der Waals surface area contributed by atoms with Gasteiger partial charge in [0.15, 0.2) is 24.5 Å². The number of hydrogen-bond acceptors (Lipinski definition) is 5. The minimum atomic E-state index is -4.85. The van der Waals surface area contributed by atoms with Crippen molar-refractivity contribution in [3.05, 3.63) is 49.1 Å². The fourth-order valence-corrected chi connectivity index (χ4v) is 2.23. The van der Waals surface area contributed by atoms with Crippen molar-refractivity contribution in [2.24, 2.45) is 0 Å². The molecule has 1 N–H and O–H groups in total. The molecule has 0 spiro atoms. The number of carbonyl (C=O) groups is 2. The molecule has 0 aliphatic carbocycles. The summed E-state index contributed by atoms with van der Waals surface area (Å²) in [7, 11) is 0.676. The van der Waals surface area contributed by atoms with Crippen LogP contribution in [0.5, 0.6) is 0 Å². The van der Waals surface area contributed by atoms with E-state index in [1.165, 1.54) is 0 Å².